The van der Waals surface area contributed by atoms with E-state index >= 15 is 0 Å². The van der Waals surface area contributed by atoms with Gasteiger partial charge in [-0.1, -0.05) is 69.6 Å². The van der Waals surface area contributed by atoms with Gasteiger partial charge in [0, 0.05) is 24.0 Å². The first-order valence-corrected chi connectivity index (χ1v) is 11.3. The minimum absolute atomic E-state index is 0.169. The van der Waals surface area contributed by atoms with E-state index in [1.54, 1.807) is 0 Å². The molecule has 1 unspecified atom stereocenters. The van der Waals surface area contributed by atoms with Gasteiger partial charge >= 0.3 is 0 Å². The summed E-state index contributed by atoms with van der Waals surface area (Å²) in [6, 6.07) is 9.46. The molecule has 2 aromatic rings. The van der Waals surface area contributed by atoms with Crippen molar-refractivity contribution < 1.29 is 4.74 Å². The fourth-order valence-corrected chi connectivity index (χ4v) is 5.21. The lowest BCUT2D eigenvalue weighted by molar-refractivity contribution is 0.189. The molecule has 0 radical (unpaired) electrons. The van der Waals surface area contributed by atoms with E-state index in [1.165, 1.54) is 43.2 Å². The summed E-state index contributed by atoms with van der Waals surface area (Å²) in [5.41, 5.74) is 2.70. The quantitative estimate of drug-likeness (QED) is 0.638. The van der Waals surface area contributed by atoms with Gasteiger partial charge in [0.2, 0.25) is 0 Å². The summed E-state index contributed by atoms with van der Waals surface area (Å²) in [6.07, 6.45) is 6.28. The molecule has 27 heavy (non-hydrogen) atoms. The molecule has 0 N–H and O–H groups in total. The van der Waals surface area contributed by atoms with Crippen molar-refractivity contribution in [2.75, 3.05) is 19.0 Å². The molecule has 1 aliphatic heterocycles. The van der Waals surface area contributed by atoms with Gasteiger partial charge in [0.05, 0.1) is 6.61 Å². The van der Waals surface area contributed by atoms with Gasteiger partial charge in [-0.25, -0.2) is 0 Å². The Balaban J connectivity index is 1.61. The van der Waals surface area contributed by atoms with Crippen LogP contribution in [0.1, 0.15) is 64.5 Å². The average molecular weight is 386 g/mol. The number of hydrogen-bond acceptors (Lipinski definition) is 4. The molecular weight excluding hydrogens is 354 g/mol. The Kier molecular flexibility index (Phi) is 5.60. The smallest absolute Gasteiger partial charge is 0.191 e. The van der Waals surface area contributed by atoms with Gasteiger partial charge in [0.15, 0.2) is 11.0 Å². The summed E-state index contributed by atoms with van der Waals surface area (Å²) >= 11 is 1.86. The number of nitrogens with zero attached hydrogens (tertiary/aromatic N) is 3. The van der Waals surface area contributed by atoms with E-state index in [-0.39, 0.29) is 5.41 Å². The number of aromatic nitrogens is 3. The van der Waals surface area contributed by atoms with Crippen LogP contribution >= 0.6 is 11.8 Å². The van der Waals surface area contributed by atoms with E-state index in [1.807, 2.05) is 11.8 Å². The van der Waals surface area contributed by atoms with Crippen molar-refractivity contribution in [1.82, 2.24) is 14.8 Å². The molecule has 4 rings (SSSR count). The molecule has 4 nitrogen and oxygen atoms in total. The second kappa shape index (κ2) is 7.96. The van der Waals surface area contributed by atoms with Gasteiger partial charge in [-0.05, 0) is 36.2 Å². The van der Waals surface area contributed by atoms with Crippen LogP contribution in [0.5, 0.6) is 0 Å². The lowest BCUT2D eigenvalue weighted by Gasteiger charge is -2.20. The molecule has 0 spiro atoms. The third kappa shape index (κ3) is 4.24. The highest BCUT2D eigenvalue weighted by molar-refractivity contribution is 7.99. The minimum atomic E-state index is 0.169. The SMILES string of the molecule is CC(C)(C)c1ccc(-c2nnc(SCC3CCOC3)n2C2CCCC2)cc1. The van der Waals surface area contributed by atoms with E-state index in [2.05, 4.69) is 59.8 Å². The summed E-state index contributed by atoms with van der Waals surface area (Å²) in [5, 5.41) is 10.3. The highest BCUT2D eigenvalue weighted by Gasteiger charge is 2.26. The molecule has 1 aromatic heterocycles. The summed E-state index contributed by atoms with van der Waals surface area (Å²) in [7, 11) is 0. The van der Waals surface area contributed by atoms with Crippen molar-refractivity contribution in [3.63, 3.8) is 0 Å². The van der Waals surface area contributed by atoms with E-state index < -0.39 is 0 Å². The lowest BCUT2D eigenvalue weighted by atomic mass is 9.86. The molecule has 2 aliphatic rings. The maximum Gasteiger partial charge on any atom is 0.191 e. The molecule has 2 fully saturated rings. The summed E-state index contributed by atoms with van der Waals surface area (Å²) in [5.74, 6) is 2.76. The van der Waals surface area contributed by atoms with E-state index in [0.717, 1.165) is 29.9 Å². The Morgan fingerprint density at radius 1 is 1.07 bits per heavy atom. The molecule has 1 saturated heterocycles. The van der Waals surface area contributed by atoms with Crippen LogP contribution in [0.15, 0.2) is 29.4 Å². The number of hydrogen-bond donors (Lipinski definition) is 0. The third-order valence-electron chi connectivity index (χ3n) is 5.84. The Hall–Kier alpha value is -1.33. The van der Waals surface area contributed by atoms with Gasteiger partial charge in [0.25, 0.3) is 0 Å². The Morgan fingerprint density at radius 3 is 2.44 bits per heavy atom. The van der Waals surface area contributed by atoms with Gasteiger partial charge in [-0.15, -0.1) is 10.2 Å². The molecule has 1 aromatic carbocycles. The normalized spacial score (nSPS) is 21.2. The van der Waals surface area contributed by atoms with E-state index in [9.17, 15) is 0 Å². The molecule has 146 valence electrons. The molecule has 1 saturated carbocycles. The topological polar surface area (TPSA) is 39.9 Å². The second-order valence-corrected chi connectivity index (χ2v) is 9.97. The molecule has 0 bridgehead atoms. The van der Waals surface area contributed by atoms with Crippen LogP contribution in [0.3, 0.4) is 0 Å². The number of rotatable bonds is 5. The van der Waals surface area contributed by atoms with Crippen molar-refractivity contribution in [1.29, 1.82) is 0 Å². The monoisotopic (exact) mass is 385 g/mol. The summed E-state index contributed by atoms with van der Waals surface area (Å²) in [6.45, 7) is 8.57. The van der Waals surface area contributed by atoms with Gasteiger partial charge in [-0.3, -0.25) is 4.57 Å². The first-order chi connectivity index (χ1) is 13.0. The Morgan fingerprint density at radius 2 is 1.81 bits per heavy atom. The second-order valence-electron chi connectivity index (χ2n) is 8.98. The third-order valence-corrected chi connectivity index (χ3v) is 7.01. The molecule has 1 aliphatic carbocycles. The van der Waals surface area contributed by atoms with Crippen molar-refractivity contribution >= 4 is 11.8 Å². The van der Waals surface area contributed by atoms with Crippen LogP contribution < -0.4 is 0 Å². The number of ether oxygens (including phenoxy) is 1. The first kappa shape index (κ1) is 19.0. The first-order valence-electron chi connectivity index (χ1n) is 10.3. The maximum absolute atomic E-state index is 5.53. The summed E-state index contributed by atoms with van der Waals surface area (Å²) < 4.78 is 7.96. The van der Waals surface area contributed by atoms with Crippen LogP contribution in [0, 0.1) is 5.92 Å². The standard InChI is InChI=1S/C22H31N3OS/c1-22(2,3)18-10-8-17(9-11-18)20-23-24-21(25(20)19-6-4-5-7-19)27-15-16-12-13-26-14-16/h8-11,16,19H,4-7,12-15H2,1-3H3. The van der Waals surface area contributed by atoms with E-state index in [0.29, 0.717) is 12.0 Å². The fourth-order valence-electron chi connectivity index (χ4n) is 4.09. The van der Waals surface area contributed by atoms with Gasteiger partial charge in [-0.2, -0.15) is 0 Å². The Labute approximate surface area is 167 Å². The van der Waals surface area contributed by atoms with Crippen LogP contribution in [-0.2, 0) is 10.2 Å². The highest BCUT2D eigenvalue weighted by Crippen LogP contribution is 2.37. The largest absolute Gasteiger partial charge is 0.381 e. The maximum atomic E-state index is 5.53. The van der Waals surface area contributed by atoms with Crippen molar-refractivity contribution in [2.45, 2.75) is 69.5 Å². The van der Waals surface area contributed by atoms with Gasteiger partial charge < -0.3 is 4.74 Å². The molecule has 2 heterocycles. The predicted octanol–water partition coefficient (Wildman–Crippen LogP) is 5.49. The van der Waals surface area contributed by atoms with Crippen molar-refractivity contribution in [3.05, 3.63) is 29.8 Å². The summed E-state index contributed by atoms with van der Waals surface area (Å²) in [4.78, 5) is 0. The molecule has 5 heteroatoms. The molecular formula is C22H31N3OS. The van der Waals surface area contributed by atoms with Crippen molar-refractivity contribution in [2.24, 2.45) is 5.92 Å². The lowest BCUT2D eigenvalue weighted by Crippen LogP contribution is -2.11. The van der Waals surface area contributed by atoms with Crippen LogP contribution in [0.2, 0.25) is 0 Å². The van der Waals surface area contributed by atoms with Crippen LogP contribution in [0.25, 0.3) is 11.4 Å². The molecule has 1 atom stereocenters. The zero-order valence-corrected chi connectivity index (χ0v) is 17.6. The zero-order chi connectivity index (χ0) is 18.9. The fraction of sp³-hybridized carbons (Fsp3) is 0.636. The van der Waals surface area contributed by atoms with E-state index in [4.69, 9.17) is 4.74 Å². The van der Waals surface area contributed by atoms with Gasteiger partial charge in [0.1, 0.15) is 0 Å². The van der Waals surface area contributed by atoms with Crippen molar-refractivity contribution in [3.8, 4) is 11.4 Å². The zero-order valence-electron chi connectivity index (χ0n) is 16.8. The van der Waals surface area contributed by atoms with Crippen LogP contribution in [-0.4, -0.2) is 33.7 Å². The van der Waals surface area contributed by atoms with Crippen LogP contribution in [0.4, 0.5) is 0 Å². The minimum Gasteiger partial charge on any atom is -0.381 e. The highest BCUT2D eigenvalue weighted by atomic mass is 32.2. The number of benzene rings is 1. The number of thioether (sulfide) groups is 1. The molecule has 0 amide bonds. The Bertz CT molecular complexity index is 751. The predicted molar refractivity (Wildman–Crippen MR) is 111 cm³/mol. The average Bonchev–Trinajstić information content (AvgIpc) is 3.39.